The van der Waals surface area contributed by atoms with Crippen molar-refractivity contribution < 1.29 is 9.59 Å². The molecule has 2 N–H and O–H groups in total. The zero-order valence-electron chi connectivity index (χ0n) is 15.5. The molecule has 0 aliphatic heterocycles. The van der Waals surface area contributed by atoms with Gasteiger partial charge in [0.1, 0.15) is 6.04 Å². The predicted octanol–water partition coefficient (Wildman–Crippen LogP) is 3.21. The van der Waals surface area contributed by atoms with Crippen molar-refractivity contribution in [2.45, 2.75) is 26.8 Å². The number of nitrogens with zero attached hydrogens (tertiary/aromatic N) is 2. The van der Waals surface area contributed by atoms with Crippen molar-refractivity contribution in [3.05, 3.63) is 69.7 Å². The third-order valence-electron chi connectivity index (χ3n) is 4.15. The Balaban J connectivity index is 1.69. The third-order valence-corrected chi connectivity index (χ3v) is 5.12. The van der Waals surface area contributed by atoms with Gasteiger partial charge in [0.15, 0.2) is 0 Å². The van der Waals surface area contributed by atoms with Gasteiger partial charge < -0.3 is 10.6 Å². The Bertz CT molecular complexity index is 947. The van der Waals surface area contributed by atoms with E-state index < -0.39 is 11.8 Å². The van der Waals surface area contributed by atoms with E-state index >= 15 is 0 Å². The fraction of sp³-hybridized carbons (Fsp3) is 0.250. The molecule has 2 aromatic heterocycles. The van der Waals surface area contributed by atoms with Gasteiger partial charge in [-0.25, -0.2) is 0 Å². The van der Waals surface area contributed by atoms with Gasteiger partial charge in [-0.05, 0) is 56.0 Å². The van der Waals surface area contributed by atoms with E-state index in [-0.39, 0.29) is 12.6 Å². The number of rotatable bonds is 5. The molecule has 3 rings (SSSR count). The molecule has 0 aliphatic carbocycles. The van der Waals surface area contributed by atoms with Crippen LogP contribution in [0.15, 0.2) is 47.8 Å². The molecule has 3 aromatic rings. The van der Waals surface area contributed by atoms with E-state index in [2.05, 4.69) is 15.7 Å². The summed E-state index contributed by atoms with van der Waals surface area (Å²) in [5, 5.41) is 11.9. The number of carbonyl (C=O) groups excluding carboxylic acids is 2. The molecular weight excluding hydrogens is 360 g/mol. The highest BCUT2D eigenvalue weighted by atomic mass is 32.1. The Kier molecular flexibility index (Phi) is 5.71. The number of nitrogens with one attached hydrogen (secondary N) is 2. The average Bonchev–Trinajstić information content (AvgIpc) is 3.25. The lowest BCUT2D eigenvalue weighted by Crippen LogP contribution is -2.39. The van der Waals surface area contributed by atoms with Crippen molar-refractivity contribution in [1.29, 1.82) is 0 Å². The summed E-state index contributed by atoms with van der Waals surface area (Å²) in [6, 6.07) is 13.1. The van der Waals surface area contributed by atoms with Crippen LogP contribution in [0, 0.1) is 20.8 Å². The molecule has 0 spiro atoms. The lowest BCUT2D eigenvalue weighted by atomic mass is 10.2. The van der Waals surface area contributed by atoms with Gasteiger partial charge in [0.05, 0.1) is 5.69 Å². The van der Waals surface area contributed by atoms with Crippen LogP contribution in [0.1, 0.15) is 27.9 Å². The Labute approximate surface area is 162 Å². The molecule has 0 aliphatic rings. The summed E-state index contributed by atoms with van der Waals surface area (Å²) in [6.07, 6.45) is 0. The number of hydrogen-bond acceptors (Lipinski definition) is 4. The highest BCUT2D eigenvalue weighted by molar-refractivity contribution is 7.10. The SMILES string of the molecule is Cc1cccc(NC(=O)C(=O)NCC(c2cccs2)n2nc(C)cc2C)c1. The van der Waals surface area contributed by atoms with E-state index in [1.165, 1.54) is 0 Å². The summed E-state index contributed by atoms with van der Waals surface area (Å²) < 4.78 is 1.89. The molecule has 1 unspecified atom stereocenters. The standard InChI is InChI=1S/C20H22N4O2S/c1-13-6-4-7-16(10-13)22-20(26)19(25)21-12-17(18-8-5-9-27-18)24-15(3)11-14(2)23-24/h4-11,17H,12H2,1-3H3,(H,21,25)(H,22,26). The Morgan fingerprint density at radius 2 is 1.93 bits per heavy atom. The number of amides is 2. The number of carbonyl (C=O) groups is 2. The number of aromatic nitrogens is 2. The van der Waals surface area contributed by atoms with E-state index in [4.69, 9.17) is 0 Å². The summed E-state index contributed by atoms with van der Waals surface area (Å²) in [5.41, 5.74) is 3.53. The average molecular weight is 382 g/mol. The van der Waals surface area contributed by atoms with Gasteiger partial charge in [0.2, 0.25) is 0 Å². The minimum absolute atomic E-state index is 0.158. The summed E-state index contributed by atoms with van der Waals surface area (Å²) >= 11 is 1.60. The normalized spacial score (nSPS) is 11.8. The molecule has 0 saturated heterocycles. The topological polar surface area (TPSA) is 76.0 Å². The number of benzene rings is 1. The van der Waals surface area contributed by atoms with Crippen LogP contribution in [0.5, 0.6) is 0 Å². The molecule has 0 radical (unpaired) electrons. The maximum Gasteiger partial charge on any atom is 0.313 e. The van der Waals surface area contributed by atoms with Gasteiger partial charge in [-0.1, -0.05) is 18.2 Å². The Morgan fingerprint density at radius 1 is 1.11 bits per heavy atom. The minimum atomic E-state index is -0.682. The lowest BCUT2D eigenvalue weighted by molar-refractivity contribution is -0.136. The fourth-order valence-electron chi connectivity index (χ4n) is 2.93. The van der Waals surface area contributed by atoms with Gasteiger partial charge >= 0.3 is 11.8 Å². The highest BCUT2D eigenvalue weighted by Gasteiger charge is 2.21. The first kappa shape index (κ1) is 18.8. The monoisotopic (exact) mass is 382 g/mol. The predicted molar refractivity (Wildman–Crippen MR) is 107 cm³/mol. The summed E-state index contributed by atoms with van der Waals surface area (Å²) in [5.74, 6) is -1.35. The highest BCUT2D eigenvalue weighted by Crippen LogP contribution is 2.24. The van der Waals surface area contributed by atoms with E-state index in [9.17, 15) is 9.59 Å². The molecular formula is C20H22N4O2S. The van der Waals surface area contributed by atoms with Crippen molar-refractivity contribution in [1.82, 2.24) is 15.1 Å². The van der Waals surface area contributed by atoms with Crippen LogP contribution >= 0.6 is 11.3 Å². The quantitative estimate of drug-likeness (QED) is 0.665. The van der Waals surface area contributed by atoms with Crippen molar-refractivity contribution in [2.75, 3.05) is 11.9 Å². The molecule has 0 bridgehead atoms. The van der Waals surface area contributed by atoms with Crippen molar-refractivity contribution >= 4 is 28.8 Å². The van der Waals surface area contributed by atoms with E-state index in [0.717, 1.165) is 21.8 Å². The van der Waals surface area contributed by atoms with Crippen LogP contribution in [0.4, 0.5) is 5.69 Å². The largest absolute Gasteiger partial charge is 0.345 e. The van der Waals surface area contributed by atoms with Gasteiger partial charge in [-0.3, -0.25) is 14.3 Å². The Morgan fingerprint density at radius 3 is 2.56 bits per heavy atom. The molecule has 2 amide bonds. The second kappa shape index (κ2) is 8.18. The fourth-order valence-corrected chi connectivity index (χ4v) is 3.74. The molecule has 0 fully saturated rings. The van der Waals surface area contributed by atoms with E-state index in [1.807, 2.05) is 67.2 Å². The van der Waals surface area contributed by atoms with Crippen molar-refractivity contribution in [3.63, 3.8) is 0 Å². The number of anilines is 1. The summed E-state index contributed by atoms with van der Waals surface area (Å²) in [6.45, 7) is 6.12. The zero-order valence-corrected chi connectivity index (χ0v) is 16.3. The molecule has 0 saturated carbocycles. The molecule has 7 heteroatoms. The lowest BCUT2D eigenvalue weighted by Gasteiger charge is -2.18. The van der Waals surface area contributed by atoms with Crippen LogP contribution in [0.2, 0.25) is 0 Å². The number of thiophene rings is 1. The van der Waals surface area contributed by atoms with Crippen LogP contribution in [-0.4, -0.2) is 28.1 Å². The first-order chi connectivity index (χ1) is 12.9. The van der Waals surface area contributed by atoms with Gasteiger partial charge in [-0.2, -0.15) is 5.10 Å². The van der Waals surface area contributed by atoms with E-state index in [1.54, 1.807) is 17.4 Å². The number of hydrogen-bond donors (Lipinski definition) is 2. The molecule has 6 nitrogen and oxygen atoms in total. The van der Waals surface area contributed by atoms with Gasteiger partial charge in [0, 0.05) is 22.8 Å². The van der Waals surface area contributed by atoms with Crippen molar-refractivity contribution in [3.8, 4) is 0 Å². The first-order valence-corrected chi connectivity index (χ1v) is 9.54. The molecule has 140 valence electrons. The maximum absolute atomic E-state index is 12.3. The van der Waals surface area contributed by atoms with Crippen molar-refractivity contribution in [2.24, 2.45) is 0 Å². The smallest absolute Gasteiger partial charge is 0.313 e. The van der Waals surface area contributed by atoms with E-state index in [0.29, 0.717) is 5.69 Å². The third kappa shape index (κ3) is 4.62. The molecule has 2 heterocycles. The van der Waals surface area contributed by atoms with Gasteiger partial charge in [0.25, 0.3) is 0 Å². The van der Waals surface area contributed by atoms with Crippen LogP contribution < -0.4 is 10.6 Å². The second-order valence-corrected chi connectivity index (χ2v) is 7.42. The van der Waals surface area contributed by atoms with Crippen LogP contribution in [0.25, 0.3) is 0 Å². The minimum Gasteiger partial charge on any atom is -0.345 e. The zero-order chi connectivity index (χ0) is 19.4. The van der Waals surface area contributed by atoms with Crippen LogP contribution in [0.3, 0.4) is 0 Å². The second-order valence-electron chi connectivity index (χ2n) is 6.44. The number of aryl methyl sites for hydroxylation is 3. The molecule has 1 aromatic carbocycles. The van der Waals surface area contributed by atoms with Gasteiger partial charge in [-0.15, -0.1) is 11.3 Å². The summed E-state index contributed by atoms with van der Waals surface area (Å²) in [4.78, 5) is 25.5. The molecule has 27 heavy (non-hydrogen) atoms. The molecule has 1 atom stereocenters. The Hall–Kier alpha value is -2.93. The maximum atomic E-state index is 12.3. The summed E-state index contributed by atoms with van der Waals surface area (Å²) in [7, 11) is 0. The van der Waals surface area contributed by atoms with Crippen LogP contribution in [-0.2, 0) is 9.59 Å². The first-order valence-electron chi connectivity index (χ1n) is 8.66.